The average Bonchev–Trinajstić information content (AvgIpc) is 3.48. The molecule has 2 aromatic carbocycles. The van der Waals surface area contributed by atoms with Gasteiger partial charge in [0.1, 0.15) is 52.0 Å². The Morgan fingerprint density at radius 1 is 1.12 bits per heavy atom. The first-order valence-corrected chi connectivity index (χ1v) is 12.6. The number of allylic oxidation sites excluding steroid dienone is 4. The molecule has 0 amide bonds. The predicted octanol–water partition coefficient (Wildman–Crippen LogP) is 2.97. The number of hydrogen-bond donors (Lipinski definition) is 3. The van der Waals surface area contributed by atoms with E-state index in [1.165, 1.54) is 62.8 Å². The molecule has 41 heavy (non-hydrogen) atoms. The predicted molar refractivity (Wildman–Crippen MR) is 141 cm³/mol. The van der Waals surface area contributed by atoms with Gasteiger partial charge in [-0.25, -0.2) is 9.07 Å². The standard InChI is InChI=1S/C29H25FN4O7/c1-13-25(38)23(15(3)35)27-24(26(13)39)29(4)21(41-27)9-19(36)22(28(29)40)14(2)31-10-18-11-34(33-32-18)12-20(37)16-5-7-17(30)8-6-16/h5-9,11,31,38-39H,10,12H2,1-4H3/b22-14+. The number of aromatic nitrogens is 3. The van der Waals surface area contributed by atoms with Crippen molar-refractivity contribution >= 4 is 23.1 Å². The largest absolute Gasteiger partial charge is 0.507 e. The zero-order valence-corrected chi connectivity index (χ0v) is 22.5. The van der Waals surface area contributed by atoms with E-state index in [-0.39, 0.29) is 58.3 Å². The van der Waals surface area contributed by atoms with Gasteiger partial charge in [0.05, 0.1) is 23.9 Å². The molecule has 2 aliphatic rings. The van der Waals surface area contributed by atoms with Crippen LogP contribution in [0.1, 0.15) is 58.3 Å². The van der Waals surface area contributed by atoms with Crippen molar-refractivity contribution in [3.05, 3.63) is 87.3 Å². The van der Waals surface area contributed by atoms with Crippen LogP contribution in [-0.2, 0) is 28.1 Å². The third-order valence-electron chi connectivity index (χ3n) is 7.35. The first-order valence-electron chi connectivity index (χ1n) is 12.6. The third kappa shape index (κ3) is 4.37. The number of rotatable bonds is 7. The second-order valence-electron chi connectivity index (χ2n) is 10.1. The van der Waals surface area contributed by atoms with Crippen LogP contribution >= 0.6 is 0 Å². The van der Waals surface area contributed by atoms with Crippen molar-refractivity contribution in [3.8, 4) is 17.2 Å². The molecule has 0 saturated carbocycles. The van der Waals surface area contributed by atoms with Gasteiger partial charge < -0.3 is 20.3 Å². The van der Waals surface area contributed by atoms with Crippen LogP contribution < -0.4 is 10.1 Å². The van der Waals surface area contributed by atoms with E-state index >= 15 is 0 Å². The highest BCUT2D eigenvalue weighted by molar-refractivity contribution is 6.31. The van der Waals surface area contributed by atoms with Crippen LogP contribution in [0.5, 0.6) is 17.2 Å². The second kappa shape index (κ2) is 9.81. The Kier molecular flexibility index (Phi) is 6.56. The van der Waals surface area contributed by atoms with Gasteiger partial charge in [-0.15, -0.1) is 5.10 Å². The number of carbonyl (C=O) groups is 4. The molecule has 3 N–H and O–H groups in total. The van der Waals surface area contributed by atoms with Gasteiger partial charge in [0.2, 0.25) is 0 Å². The number of ketones is 4. The minimum absolute atomic E-state index is 0.000754. The normalized spacial score (nSPS) is 18.8. The monoisotopic (exact) mass is 560 g/mol. The highest BCUT2D eigenvalue weighted by Crippen LogP contribution is 2.57. The summed E-state index contributed by atoms with van der Waals surface area (Å²) in [6, 6.07) is 5.14. The third-order valence-corrected chi connectivity index (χ3v) is 7.35. The summed E-state index contributed by atoms with van der Waals surface area (Å²) in [4.78, 5) is 51.7. The zero-order valence-electron chi connectivity index (χ0n) is 22.5. The van der Waals surface area contributed by atoms with Crippen LogP contribution in [0.4, 0.5) is 4.39 Å². The first-order chi connectivity index (χ1) is 19.3. The number of fused-ring (bicyclic) bond motifs is 3. The smallest absolute Gasteiger partial charge is 0.194 e. The van der Waals surface area contributed by atoms with E-state index in [2.05, 4.69) is 15.6 Å². The lowest BCUT2D eigenvalue weighted by molar-refractivity contribution is -0.123. The number of phenolic OH excluding ortho intramolecular Hbond substituents is 2. The van der Waals surface area contributed by atoms with Crippen molar-refractivity contribution in [2.45, 2.75) is 46.2 Å². The molecule has 0 fully saturated rings. The molecule has 1 atom stereocenters. The maximum absolute atomic E-state index is 13.9. The number of halogens is 1. The topological polar surface area (TPSA) is 161 Å². The highest BCUT2D eigenvalue weighted by Gasteiger charge is 2.56. The Labute approximate surface area is 232 Å². The highest BCUT2D eigenvalue weighted by atomic mass is 19.1. The van der Waals surface area contributed by atoms with E-state index in [9.17, 15) is 33.8 Å². The van der Waals surface area contributed by atoms with Gasteiger partial charge in [-0.2, -0.15) is 0 Å². The van der Waals surface area contributed by atoms with Gasteiger partial charge >= 0.3 is 0 Å². The van der Waals surface area contributed by atoms with E-state index in [4.69, 9.17) is 4.74 Å². The van der Waals surface area contributed by atoms with Crippen molar-refractivity contribution in [3.63, 3.8) is 0 Å². The van der Waals surface area contributed by atoms with Gasteiger partial charge in [0.15, 0.2) is 23.1 Å². The van der Waals surface area contributed by atoms with Crippen LogP contribution in [0.25, 0.3) is 0 Å². The van der Waals surface area contributed by atoms with E-state index in [0.29, 0.717) is 11.3 Å². The number of nitrogens with zero attached hydrogens (tertiary/aromatic N) is 3. The molecule has 12 heteroatoms. The fourth-order valence-electron chi connectivity index (χ4n) is 5.04. The summed E-state index contributed by atoms with van der Waals surface area (Å²) in [6.07, 6.45) is 2.66. The number of ether oxygens (including phenoxy) is 1. The Hall–Kier alpha value is -5.13. The van der Waals surface area contributed by atoms with Crippen LogP contribution in [0.15, 0.2) is 53.6 Å². The maximum atomic E-state index is 13.9. The molecule has 0 radical (unpaired) electrons. The minimum atomic E-state index is -1.63. The lowest BCUT2D eigenvalue weighted by Crippen LogP contribution is -2.41. The Bertz CT molecular complexity index is 1740. The Morgan fingerprint density at radius 3 is 2.46 bits per heavy atom. The molecule has 1 unspecified atom stereocenters. The van der Waals surface area contributed by atoms with E-state index in [1.54, 1.807) is 0 Å². The number of aromatic hydroxyl groups is 2. The van der Waals surface area contributed by atoms with Crippen LogP contribution in [0, 0.1) is 12.7 Å². The fraction of sp³-hybridized carbons (Fsp3) is 0.241. The molecule has 1 aromatic heterocycles. The van der Waals surface area contributed by atoms with E-state index in [0.717, 1.165) is 6.08 Å². The molecule has 11 nitrogen and oxygen atoms in total. The van der Waals surface area contributed by atoms with Crippen molar-refractivity contribution in [1.82, 2.24) is 20.3 Å². The first kappa shape index (κ1) is 27.4. The summed E-state index contributed by atoms with van der Waals surface area (Å²) in [5, 5.41) is 32.3. The van der Waals surface area contributed by atoms with Crippen molar-refractivity contribution in [2.75, 3.05) is 0 Å². The number of Topliss-reactive ketones (excluding diaryl/α,β-unsaturated/α-hetero) is 3. The fourth-order valence-corrected chi connectivity index (χ4v) is 5.04. The lowest BCUT2D eigenvalue weighted by Gasteiger charge is -2.29. The average molecular weight is 561 g/mol. The van der Waals surface area contributed by atoms with Crippen LogP contribution in [0.2, 0.25) is 0 Å². The van der Waals surface area contributed by atoms with Gasteiger partial charge in [-0.05, 0) is 52.0 Å². The van der Waals surface area contributed by atoms with Crippen LogP contribution in [0.3, 0.4) is 0 Å². The van der Waals surface area contributed by atoms with Crippen molar-refractivity contribution < 1.29 is 38.5 Å². The summed E-state index contributed by atoms with van der Waals surface area (Å²) in [6.45, 7) is 5.58. The zero-order chi connectivity index (χ0) is 29.8. The number of carbonyl (C=O) groups excluding carboxylic acids is 4. The second-order valence-corrected chi connectivity index (χ2v) is 10.1. The van der Waals surface area contributed by atoms with E-state index < -0.39 is 40.1 Å². The van der Waals surface area contributed by atoms with Gasteiger partial charge in [0.25, 0.3) is 0 Å². The molecule has 3 aromatic rings. The molecular formula is C29H25FN4O7. The Balaban J connectivity index is 1.40. The minimum Gasteiger partial charge on any atom is -0.507 e. The SMILES string of the molecule is CC(=O)c1c(O)c(C)c(O)c2c1OC1=CC(=O)/C(=C(/C)NCc3cn(CC(=O)c4ccc(F)cc4)nn3)C(=O)C12C. The Morgan fingerprint density at radius 2 is 1.80 bits per heavy atom. The number of nitrogens with one attached hydrogen (secondary N) is 1. The molecule has 0 saturated heterocycles. The summed E-state index contributed by atoms with van der Waals surface area (Å²) >= 11 is 0. The van der Waals surface area contributed by atoms with Crippen molar-refractivity contribution in [2.24, 2.45) is 0 Å². The molecule has 210 valence electrons. The molecule has 0 spiro atoms. The van der Waals surface area contributed by atoms with E-state index in [1.807, 2.05) is 0 Å². The molecule has 2 heterocycles. The molecule has 1 aliphatic carbocycles. The van der Waals surface area contributed by atoms with Gasteiger partial charge in [0, 0.05) is 22.9 Å². The molecule has 0 bridgehead atoms. The summed E-state index contributed by atoms with van der Waals surface area (Å²) in [5.41, 5.74) is -1.02. The molecule has 1 aliphatic heterocycles. The van der Waals surface area contributed by atoms with Gasteiger partial charge in [-0.3, -0.25) is 19.2 Å². The van der Waals surface area contributed by atoms with Gasteiger partial charge in [-0.1, -0.05) is 5.21 Å². The summed E-state index contributed by atoms with van der Waals surface area (Å²) < 4.78 is 20.2. The number of phenols is 2. The number of benzene rings is 2. The lowest BCUT2D eigenvalue weighted by atomic mass is 9.70. The summed E-state index contributed by atoms with van der Waals surface area (Å²) in [5.74, 6) is -3.67. The van der Waals surface area contributed by atoms with Crippen LogP contribution in [-0.4, -0.2) is 48.3 Å². The quantitative estimate of drug-likeness (QED) is 0.223. The number of hydrogen-bond acceptors (Lipinski definition) is 10. The maximum Gasteiger partial charge on any atom is 0.194 e. The molecular weight excluding hydrogens is 535 g/mol. The van der Waals surface area contributed by atoms with Crippen molar-refractivity contribution in [1.29, 1.82) is 0 Å². The molecule has 5 rings (SSSR count). The summed E-state index contributed by atoms with van der Waals surface area (Å²) in [7, 11) is 0.